The van der Waals surface area contributed by atoms with Gasteiger partial charge in [-0.3, -0.25) is 14.5 Å². The quantitative estimate of drug-likeness (QED) is 0.206. The van der Waals surface area contributed by atoms with Gasteiger partial charge in [-0.25, -0.2) is 0 Å². The number of methoxy groups -OCH3 is 2. The SMILES string of the molecule is CCOc1ccc(N2C(=O)C(=O)/C(=C(/O)c3c(OC)cccc3OC)C2c2c[nH]c3ccccc23)cc1. The summed E-state index contributed by atoms with van der Waals surface area (Å²) in [5.41, 5.74) is 2.13. The van der Waals surface area contributed by atoms with Crippen LogP contribution in [0.15, 0.2) is 78.5 Å². The standard InChI is InChI=1S/C29H26N2O6/c1-4-37-18-14-12-17(13-15-18)31-26(20-16-30-21-9-6-5-8-19(20)21)25(28(33)29(31)34)27(32)24-22(35-2)10-7-11-23(24)36-3/h5-16,26,30,32H,4H2,1-3H3/b27-25+. The van der Waals surface area contributed by atoms with Gasteiger partial charge < -0.3 is 24.3 Å². The summed E-state index contributed by atoms with van der Waals surface area (Å²) in [4.78, 5) is 31.7. The number of fused-ring (bicyclic) bond motifs is 1. The highest BCUT2D eigenvalue weighted by Crippen LogP contribution is 2.46. The van der Waals surface area contributed by atoms with Crippen LogP contribution in [0.1, 0.15) is 24.1 Å². The van der Waals surface area contributed by atoms with Crippen molar-refractivity contribution < 1.29 is 28.9 Å². The van der Waals surface area contributed by atoms with E-state index in [0.29, 0.717) is 35.1 Å². The molecule has 37 heavy (non-hydrogen) atoms. The fraction of sp³-hybridized carbons (Fsp3) is 0.172. The second kappa shape index (κ2) is 9.73. The molecule has 8 nitrogen and oxygen atoms in total. The fourth-order valence-corrected chi connectivity index (χ4v) is 4.80. The zero-order chi connectivity index (χ0) is 26.1. The van der Waals surface area contributed by atoms with Crippen LogP contribution in [0.5, 0.6) is 17.2 Å². The molecule has 0 bridgehead atoms. The number of ketones is 1. The van der Waals surface area contributed by atoms with Crippen molar-refractivity contribution in [3.8, 4) is 17.2 Å². The van der Waals surface area contributed by atoms with Gasteiger partial charge in [0.25, 0.3) is 11.7 Å². The molecule has 1 amide bonds. The lowest BCUT2D eigenvalue weighted by molar-refractivity contribution is -0.132. The molecule has 2 heterocycles. The van der Waals surface area contributed by atoms with E-state index in [1.54, 1.807) is 48.7 Å². The first-order chi connectivity index (χ1) is 18.0. The van der Waals surface area contributed by atoms with Crippen LogP contribution >= 0.6 is 0 Å². The van der Waals surface area contributed by atoms with E-state index >= 15 is 0 Å². The smallest absolute Gasteiger partial charge is 0.300 e. The minimum atomic E-state index is -0.913. The van der Waals surface area contributed by atoms with Crippen LogP contribution in [0.4, 0.5) is 5.69 Å². The molecule has 1 atom stereocenters. The van der Waals surface area contributed by atoms with Gasteiger partial charge in [0.05, 0.1) is 32.4 Å². The van der Waals surface area contributed by atoms with Gasteiger partial charge >= 0.3 is 0 Å². The predicted octanol–water partition coefficient (Wildman–Crippen LogP) is 5.21. The summed E-state index contributed by atoms with van der Waals surface area (Å²) in [5.74, 6) is -0.685. The highest BCUT2D eigenvalue weighted by Gasteiger charge is 2.48. The summed E-state index contributed by atoms with van der Waals surface area (Å²) in [5, 5.41) is 12.5. The fourth-order valence-electron chi connectivity index (χ4n) is 4.80. The maximum absolute atomic E-state index is 13.6. The molecule has 0 radical (unpaired) electrons. The number of H-pyrrole nitrogens is 1. The number of benzene rings is 3. The Balaban J connectivity index is 1.78. The van der Waals surface area contributed by atoms with Crippen molar-refractivity contribution in [3.05, 3.63) is 89.6 Å². The molecule has 1 aliphatic heterocycles. The van der Waals surface area contributed by atoms with Gasteiger partial charge in [-0.1, -0.05) is 24.3 Å². The Morgan fingerprint density at radius 2 is 1.62 bits per heavy atom. The molecule has 5 rings (SSSR count). The number of Topliss-reactive ketones (excluding diaryl/α,β-unsaturated/α-hetero) is 1. The van der Waals surface area contributed by atoms with Crippen molar-refractivity contribution in [1.29, 1.82) is 0 Å². The maximum Gasteiger partial charge on any atom is 0.300 e. The molecular formula is C29H26N2O6. The van der Waals surface area contributed by atoms with Gasteiger partial charge in [-0.2, -0.15) is 0 Å². The highest BCUT2D eigenvalue weighted by atomic mass is 16.5. The van der Waals surface area contributed by atoms with Gasteiger partial charge in [-0.05, 0) is 49.4 Å². The first-order valence-electron chi connectivity index (χ1n) is 11.8. The summed E-state index contributed by atoms with van der Waals surface area (Å²) in [7, 11) is 2.92. The number of rotatable bonds is 7. The Kier molecular flexibility index (Phi) is 6.31. The minimum absolute atomic E-state index is 0.0635. The van der Waals surface area contributed by atoms with Crippen LogP contribution in [0.3, 0.4) is 0 Å². The monoisotopic (exact) mass is 498 g/mol. The average Bonchev–Trinajstić information content (AvgIpc) is 3.46. The van der Waals surface area contributed by atoms with Gasteiger partial charge in [-0.15, -0.1) is 0 Å². The molecule has 1 fully saturated rings. The summed E-state index contributed by atoms with van der Waals surface area (Å²) in [6.07, 6.45) is 1.76. The van der Waals surface area contributed by atoms with Crippen LogP contribution in [-0.4, -0.2) is 42.6 Å². The lowest BCUT2D eigenvalue weighted by atomic mass is 9.94. The van der Waals surface area contributed by atoms with E-state index in [4.69, 9.17) is 14.2 Å². The van der Waals surface area contributed by atoms with Crippen LogP contribution < -0.4 is 19.1 Å². The van der Waals surface area contributed by atoms with Crippen molar-refractivity contribution in [1.82, 2.24) is 4.98 Å². The number of aliphatic hydroxyl groups excluding tert-OH is 1. The van der Waals surface area contributed by atoms with Gasteiger partial charge in [0.1, 0.15) is 28.6 Å². The van der Waals surface area contributed by atoms with Crippen molar-refractivity contribution in [2.75, 3.05) is 25.7 Å². The minimum Gasteiger partial charge on any atom is -0.506 e. The zero-order valence-electron chi connectivity index (χ0n) is 20.6. The van der Waals surface area contributed by atoms with Crippen LogP contribution in [0.2, 0.25) is 0 Å². The van der Waals surface area contributed by atoms with Crippen molar-refractivity contribution in [2.24, 2.45) is 0 Å². The first-order valence-corrected chi connectivity index (χ1v) is 11.8. The third kappa shape index (κ3) is 3.96. The lowest BCUT2D eigenvalue weighted by Crippen LogP contribution is -2.29. The van der Waals surface area contributed by atoms with Crippen molar-refractivity contribution in [2.45, 2.75) is 13.0 Å². The van der Waals surface area contributed by atoms with E-state index in [1.807, 2.05) is 31.2 Å². The molecule has 4 aromatic rings. The van der Waals surface area contributed by atoms with Gasteiger partial charge in [0.15, 0.2) is 0 Å². The molecule has 3 aromatic carbocycles. The normalized spacial score (nSPS) is 16.8. The van der Waals surface area contributed by atoms with Crippen molar-refractivity contribution in [3.63, 3.8) is 0 Å². The number of hydrogen-bond acceptors (Lipinski definition) is 6. The Morgan fingerprint density at radius 3 is 2.27 bits per heavy atom. The second-order valence-corrected chi connectivity index (χ2v) is 8.42. The number of nitrogens with zero attached hydrogens (tertiary/aromatic N) is 1. The molecular weight excluding hydrogens is 472 g/mol. The molecule has 0 aliphatic carbocycles. The van der Waals surface area contributed by atoms with Crippen LogP contribution in [-0.2, 0) is 9.59 Å². The number of ether oxygens (including phenoxy) is 3. The van der Waals surface area contributed by atoms with E-state index < -0.39 is 17.7 Å². The second-order valence-electron chi connectivity index (χ2n) is 8.42. The molecule has 1 aromatic heterocycles. The van der Waals surface area contributed by atoms with E-state index in [9.17, 15) is 14.7 Å². The third-order valence-electron chi connectivity index (χ3n) is 6.45. The number of aromatic nitrogens is 1. The summed E-state index contributed by atoms with van der Waals surface area (Å²) >= 11 is 0. The molecule has 8 heteroatoms. The number of carbonyl (C=O) groups excluding carboxylic acids is 2. The Labute approximate surface area is 213 Å². The zero-order valence-corrected chi connectivity index (χ0v) is 20.6. The molecule has 188 valence electrons. The molecule has 1 unspecified atom stereocenters. The Bertz CT molecular complexity index is 1500. The lowest BCUT2D eigenvalue weighted by Gasteiger charge is -2.25. The van der Waals surface area contributed by atoms with Crippen LogP contribution in [0, 0.1) is 0 Å². The number of anilines is 1. The Morgan fingerprint density at radius 1 is 0.946 bits per heavy atom. The first kappa shape index (κ1) is 24.0. The number of nitrogens with one attached hydrogen (secondary N) is 1. The number of aromatic amines is 1. The predicted molar refractivity (Wildman–Crippen MR) is 140 cm³/mol. The van der Waals surface area contributed by atoms with Gasteiger partial charge in [0, 0.05) is 28.4 Å². The van der Waals surface area contributed by atoms with E-state index in [-0.39, 0.29) is 16.9 Å². The topological polar surface area (TPSA) is 101 Å². The number of aliphatic hydroxyl groups is 1. The number of hydrogen-bond donors (Lipinski definition) is 2. The Hall–Kier alpha value is -4.72. The van der Waals surface area contributed by atoms with Crippen LogP contribution in [0.25, 0.3) is 16.7 Å². The summed E-state index contributed by atoms with van der Waals surface area (Å²) < 4.78 is 16.5. The molecule has 1 aliphatic rings. The summed E-state index contributed by atoms with van der Waals surface area (Å²) in [6, 6.07) is 18.6. The van der Waals surface area contributed by atoms with Crippen molar-refractivity contribution >= 4 is 34.0 Å². The van der Waals surface area contributed by atoms with Gasteiger partial charge in [0.2, 0.25) is 0 Å². The number of amides is 1. The highest BCUT2D eigenvalue weighted by molar-refractivity contribution is 6.52. The van der Waals surface area contributed by atoms with E-state index in [0.717, 1.165) is 10.9 Å². The molecule has 0 saturated carbocycles. The average molecular weight is 499 g/mol. The van der Waals surface area contributed by atoms with E-state index in [1.165, 1.54) is 19.1 Å². The molecule has 1 saturated heterocycles. The number of para-hydroxylation sites is 1. The summed E-state index contributed by atoms with van der Waals surface area (Å²) in [6.45, 7) is 2.38. The third-order valence-corrected chi connectivity index (χ3v) is 6.45. The largest absolute Gasteiger partial charge is 0.506 e. The number of carbonyl (C=O) groups is 2. The van der Waals surface area contributed by atoms with E-state index in [2.05, 4.69) is 4.98 Å². The molecule has 0 spiro atoms. The maximum atomic E-state index is 13.6. The molecule has 2 N–H and O–H groups in total.